The summed E-state index contributed by atoms with van der Waals surface area (Å²) in [6.07, 6.45) is 0. The van der Waals surface area contributed by atoms with E-state index in [0.29, 0.717) is 17.0 Å². The molecular weight excluding hydrogens is 368 g/mol. The number of non-ortho nitro benzene ring substituents is 1. The van der Waals surface area contributed by atoms with Crippen LogP contribution in [0.1, 0.15) is 32.3 Å². The van der Waals surface area contributed by atoms with Crippen LogP contribution < -0.4 is 0 Å². The Balaban J connectivity index is 2.63. The first kappa shape index (κ1) is 21.2. The molecule has 1 heterocycles. The molecule has 1 aliphatic heterocycles. The quantitative estimate of drug-likeness (QED) is 0.429. The van der Waals surface area contributed by atoms with Gasteiger partial charge in [0.05, 0.1) is 23.7 Å². The lowest BCUT2D eigenvalue weighted by atomic mass is 9.75. The fraction of sp³-hybridized carbons (Fsp3) is 0.421. The lowest BCUT2D eigenvalue weighted by Gasteiger charge is -2.31. The zero-order valence-corrected chi connectivity index (χ0v) is 15.9. The number of aliphatic hydroxyl groups is 1. The third-order valence-electron chi connectivity index (χ3n) is 4.35. The van der Waals surface area contributed by atoms with E-state index in [2.05, 4.69) is 4.99 Å². The van der Waals surface area contributed by atoms with Crippen molar-refractivity contribution in [3.8, 4) is 0 Å². The number of carbonyl (C=O) groups excluding carboxylic acids is 2. The van der Waals surface area contributed by atoms with Gasteiger partial charge in [-0.25, -0.2) is 4.79 Å². The average Bonchev–Trinajstić information content (AvgIpc) is 2.65. The Bertz CT molecular complexity index is 844. The van der Waals surface area contributed by atoms with Gasteiger partial charge in [-0.2, -0.15) is 0 Å². The van der Waals surface area contributed by atoms with Gasteiger partial charge < -0.3 is 14.6 Å². The molecule has 2 atom stereocenters. The Hall–Kier alpha value is -3.07. The molecule has 0 aliphatic carbocycles. The van der Waals surface area contributed by atoms with Crippen LogP contribution in [0.25, 0.3) is 0 Å². The summed E-state index contributed by atoms with van der Waals surface area (Å²) in [5.41, 5.74) is 1.12. The van der Waals surface area contributed by atoms with E-state index in [0.717, 1.165) is 0 Å². The van der Waals surface area contributed by atoms with Crippen molar-refractivity contribution in [3.63, 3.8) is 0 Å². The molecule has 2 unspecified atom stereocenters. The number of ether oxygens (including phenoxy) is 2. The van der Waals surface area contributed by atoms with Gasteiger partial charge in [-0.15, -0.1) is 0 Å². The van der Waals surface area contributed by atoms with Crippen molar-refractivity contribution < 1.29 is 29.1 Å². The Kier molecular flexibility index (Phi) is 7.00. The van der Waals surface area contributed by atoms with Gasteiger partial charge in [-0.05, 0) is 26.3 Å². The molecule has 0 saturated carbocycles. The molecule has 0 saturated heterocycles. The van der Waals surface area contributed by atoms with Crippen LogP contribution in [0.3, 0.4) is 0 Å². The maximum atomic E-state index is 12.7. The second-order valence-electron chi connectivity index (χ2n) is 6.17. The SMILES string of the molecule is CCOC(=O)C1C(C)=NC(C)=C(C(=O)OCCO)C1c1cccc([N+](=O)[O-])c1. The van der Waals surface area contributed by atoms with E-state index in [9.17, 15) is 19.7 Å². The molecule has 9 heteroatoms. The highest BCUT2D eigenvalue weighted by Crippen LogP contribution is 2.40. The normalized spacial score (nSPS) is 19.1. The second kappa shape index (κ2) is 9.23. The third-order valence-corrected chi connectivity index (χ3v) is 4.35. The highest BCUT2D eigenvalue weighted by atomic mass is 16.6. The molecule has 1 aliphatic rings. The summed E-state index contributed by atoms with van der Waals surface area (Å²) in [7, 11) is 0. The first-order valence-corrected chi connectivity index (χ1v) is 8.76. The number of rotatable bonds is 7. The topological polar surface area (TPSA) is 128 Å². The lowest BCUT2D eigenvalue weighted by Crippen LogP contribution is -2.36. The number of hydrogen-bond acceptors (Lipinski definition) is 8. The van der Waals surface area contributed by atoms with Crippen molar-refractivity contribution >= 4 is 23.3 Å². The highest BCUT2D eigenvalue weighted by molar-refractivity contribution is 6.07. The summed E-state index contributed by atoms with van der Waals surface area (Å²) in [5, 5.41) is 20.1. The predicted molar refractivity (Wildman–Crippen MR) is 99.8 cm³/mol. The monoisotopic (exact) mass is 390 g/mol. The minimum atomic E-state index is -0.928. The van der Waals surface area contributed by atoms with Gasteiger partial charge in [-0.1, -0.05) is 12.1 Å². The van der Waals surface area contributed by atoms with Crippen LogP contribution in [0.2, 0.25) is 0 Å². The summed E-state index contributed by atoms with van der Waals surface area (Å²) in [4.78, 5) is 40.3. The van der Waals surface area contributed by atoms with Gasteiger partial charge in [-0.3, -0.25) is 19.9 Å². The first-order valence-electron chi connectivity index (χ1n) is 8.76. The van der Waals surface area contributed by atoms with Gasteiger partial charge >= 0.3 is 11.9 Å². The van der Waals surface area contributed by atoms with E-state index in [-0.39, 0.29) is 31.1 Å². The smallest absolute Gasteiger partial charge is 0.336 e. The molecule has 9 nitrogen and oxygen atoms in total. The fourth-order valence-corrected chi connectivity index (χ4v) is 3.25. The summed E-state index contributed by atoms with van der Waals surface area (Å²) in [5.74, 6) is -3.11. The molecular formula is C19H22N2O7. The van der Waals surface area contributed by atoms with Crippen LogP contribution in [0.15, 0.2) is 40.5 Å². The van der Waals surface area contributed by atoms with Crippen molar-refractivity contribution in [2.24, 2.45) is 10.9 Å². The van der Waals surface area contributed by atoms with Crippen LogP contribution in [-0.4, -0.2) is 47.5 Å². The van der Waals surface area contributed by atoms with Gasteiger partial charge in [0.1, 0.15) is 12.5 Å². The van der Waals surface area contributed by atoms with Crippen molar-refractivity contribution in [2.45, 2.75) is 26.7 Å². The maximum absolute atomic E-state index is 12.7. The largest absolute Gasteiger partial charge is 0.465 e. The van der Waals surface area contributed by atoms with Crippen molar-refractivity contribution in [1.82, 2.24) is 0 Å². The zero-order valence-electron chi connectivity index (χ0n) is 15.9. The van der Waals surface area contributed by atoms with E-state index in [1.54, 1.807) is 26.8 Å². The van der Waals surface area contributed by atoms with Gasteiger partial charge in [0.15, 0.2) is 0 Å². The summed E-state index contributed by atoms with van der Waals surface area (Å²) < 4.78 is 10.2. The van der Waals surface area contributed by atoms with E-state index in [4.69, 9.17) is 14.6 Å². The number of aliphatic imine (C=N–C) groups is 1. The summed E-state index contributed by atoms with van der Waals surface area (Å²) in [6, 6.07) is 5.74. The predicted octanol–water partition coefficient (Wildman–Crippen LogP) is 2.14. The Morgan fingerprint density at radius 2 is 2.00 bits per heavy atom. The van der Waals surface area contributed by atoms with Crippen LogP contribution >= 0.6 is 0 Å². The average molecular weight is 390 g/mol. The fourth-order valence-electron chi connectivity index (χ4n) is 3.25. The van der Waals surface area contributed by atoms with E-state index in [1.165, 1.54) is 18.2 Å². The molecule has 0 spiro atoms. The molecule has 0 fully saturated rings. The second-order valence-corrected chi connectivity index (χ2v) is 6.17. The molecule has 0 bridgehead atoms. The Labute approximate surface area is 161 Å². The number of aliphatic hydroxyl groups excluding tert-OH is 1. The molecule has 1 N–H and O–H groups in total. The van der Waals surface area contributed by atoms with E-state index in [1.807, 2.05) is 0 Å². The lowest BCUT2D eigenvalue weighted by molar-refractivity contribution is -0.384. The van der Waals surface area contributed by atoms with Crippen molar-refractivity contribution in [3.05, 3.63) is 51.2 Å². The molecule has 0 amide bonds. The molecule has 2 rings (SSSR count). The zero-order chi connectivity index (χ0) is 20.8. The Morgan fingerprint density at radius 1 is 1.29 bits per heavy atom. The number of hydrogen-bond donors (Lipinski definition) is 1. The minimum absolute atomic E-state index is 0.109. The number of nitro benzene ring substituents is 1. The van der Waals surface area contributed by atoms with Gasteiger partial charge in [0.2, 0.25) is 0 Å². The summed E-state index contributed by atoms with van der Waals surface area (Å²) in [6.45, 7) is 4.47. The van der Waals surface area contributed by atoms with Crippen molar-refractivity contribution in [2.75, 3.05) is 19.8 Å². The molecule has 150 valence electrons. The number of nitro groups is 1. The minimum Gasteiger partial charge on any atom is -0.465 e. The van der Waals surface area contributed by atoms with E-state index >= 15 is 0 Å². The summed E-state index contributed by atoms with van der Waals surface area (Å²) >= 11 is 0. The first-order chi connectivity index (χ1) is 13.3. The molecule has 28 heavy (non-hydrogen) atoms. The van der Waals surface area contributed by atoms with Gasteiger partial charge in [0, 0.05) is 29.5 Å². The molecule has 1 aromatic rings. The molecule has 0 aromatic heterocycles. The van der Waals surface area contributed by atoms with Gasteiger partial charge in [0.25, 0.3) is 5.69 Å². The van der Waals surface area contributed by atoms with Crippen LogP contribution in [-0.2, 0) is 19.1 Å². The molecule has 1 aromatic carbocycles. The van der Waals surface area contributed by atoms with Crippen LogP contribution in [0.5, 0.6) is 0 Å². The standard InChI is InChI=1S/C19H22N2O7/c1-4-27-18(23)15-11(2)20-12(3)16(19(24)28-9-8-22)17(15)13-6-5-7-14(10-13)21(25)26/h5-7,10,15,17,22H,4,8-9H2,1-3H3. The number of esters is 2. The maximum Gasteiger partial charge on any atom is 0.336 e. The van der Waals surface area contributed by atoms with E-state index < -0.39 is 28.7 Å². The Morgan fingerprint density at radius 3 is 2.61 bits per heavy atom. The number of carbonyl (C=O) groups is 2. The highest BCUT2D eigenvalue weighted by Gasteiger charge is 2.42. The number of benzene rings is 1. The number of allylic oxidation sites excluding steroid dienone is 1. The third kappa shape index (κ3) is 4.42. The number of nitrogens with zero attached hydrogens (tertiary/aromatic N) is 2. The van der Waals surface area contributed by atoms with Crippen LogP contribution in [0.4, 0.5) is 5.69 Å². The van der Waals surface area contributed by atoms with Crippen LogP contribution in [0, 0.1) is 16.0 Å². The molecule has 0 radical (unpaired) electrons. The van der Waals surface area contributed by atoms with Crippen molar-refractivity contribution in [1.29, 1.82) is 0 Å².